The van der Waals surface area contributed by atoms with Crippen LogP contribution in [-0.2, 0) is 14.3 Å². The summed E-state index contributed by atoms with van der Waals surface area (Å²) in [6.45, 7) is 0.0690. The van der Waals surface area contributed by atoms with Crippen LogP contribution in [0.25, 0.3) is 16.6 Å². The molecule has 10 nitrogen and oxygen atoms in total. The van der Waals surface area contributed by atoms with Gasteiger partial charge in [-0.2, -0.15) is 5.10 Å². The highest BCUT2D eigenvalue weighted by Crippen LogP contribution is 2.30. The topological polar surface area (TPSA) is 121 Å². The second kappa shape index (κ2) is 9.51. The molecule has 1 aliphatic heterocycles. The third kappa shape index (κ3) is 4.49. The molecule has 1 saturated heterocycles. The molecular formula is C26H22N4O6. The maximum absolute atomic E-state index is 12.5. The molecule has 4 amide bonds. The molecule has 3 aromatic carbocycles. The summed E-state index contributed by atoms with van der Waals surface area (Å²) in [5.41, 5.74) is -0.144. The van der Waals surface area contributed by atoms with Gasteiger partial charge in [-0.15, -0.1) is 0 Å². The Balaban J connectivity index is 1.33. The van der Waals surface area contributed by atoms with Crippen LogP contribution in [-0.4, -0.2) is 46.9 Å². The maximum atomic E-state index is 12.5. The van der Waals surface area contributed by atoms with Gasteiger partial charge in [-0.25, -0.2) is 9.48 Å². The molecule has 10 heteroatoms. The van der Waals surface area contributed by atoms with E-state index in [1.807, 2.05) is 59.4 Å². The number of benzene rings is 3. The van der Waals surface area contributed by atoms with Crippen molar-refractivity contribution in [2.75, 3.05) is 13.7 Å². The summed E-state index contributed by atoms with van der Waals surface area (Å²) in [6, 6.07) is 21.0. The lowest BCUT2D eigenvalue weighted by Crippen LogP contribution is -2.69. The van der Waals surface area contributed by atoms with Crippen LogP contribution in [0.5, 0.6) is 17.2 Å². The lowest BCUT2D eigenvalue weighted by Gasteiger charge is -2.34. The Morgan fingerprint density at radius 1 is 0.861 bits per heavy atom. The van der Waals surface area contributed by atoms with Crippen molar-refractivity contribution in [3.05, 3.63) is 79.0 Å². The minimum atomic E-state index is -1.93. The molecule has 182 valence electrons. The van der Waals surface area contributed by atoms with Crippen LogP contribution < -0.4 is 20.1 Å². The molecule has 0 atom stereocenters. The minimum Gasteiger partial charge on any atom is -0.467 e. The van der Waals surface area contributed by atoms with Gasteiger partial charge in [0.1, 0.15) is 17.2 Å². The van der Waals surface area contributed by atoms with E-state index in [0.717, 1.165) is 16.6 Å². The third-order valence-corrected chi connectivity index (χ3v) is 5.69. The van der Waals surface area contributed by atoms with Crippen LogP contribution in [0.15, 0.2) is 79.0 Å². The van der Waals surface area contributed by atoms with E-state index in [9.17, 15) is 14.4 Å². The molecule has 0 spiro atoms. The molecule has 1 aromatic heterocycles. The predicted molar refractivity (Wildman–Crippen MR) is 129 cm³/mol. The number of urea groups is 1. The first-order chi connectivity index (χ1) is 17.5. The molecule has 5 rings (SSSR count). The minimum absolute atomic E-state index is 0.0690. The fourth-order valence-corrected chi connectivity index (χ4v) is 3.85. The Hall–Kier alpha value is -4.70. The van der Waals surface area contributed by atoms with Gasteiger partial charge < -0.3 is 14.2 Å². The van der Waals surface area contributed by atoms with Crippen LogP contribution in [0, 0.1) is 0 Å². The zero-order valence-corrected chi connectivity index (χ0v) is 19.3. The highest BCUT2D eigenvalue weighted by Gasteiger charge is 2.52. The van der Waals surface area contributed by atoms with E-state index in [-0.39, 0.29) is 18.8 Å². The number of amides is 4. The van der Waals surface area contributed by atoms with Crippen molar-refractivity contribution in [1.29, 1.82) is 0 Å². The average molecular weight is 486 g/mol. The maximum Gasteiger partial charge on any atom is 0.328 e. The van der Waals surface area contributed by atoms with Crippen LogP contribution in [0.2, 0.25) is 0 Å². The molecule has 1 aliphatic rings. The van der Waals surface area contributed by atoms with Crippen molar-refractivity contribution in [2.45, 2.75) is 12.0 Å². The van der Waals surface area contributed by atoms with Crippen LogP contribution in [0.1, 0.15) is 6.42 Å². The van der Waals surface area contributed by atoms with Crippen molar-refractivity contribution in [1.82, 2.24) is 20.4 Å². The van der Waals surface area contributed by atoms with E-state index in [4.69, 9.17) is 14.2 Å². The number of imide groups is 2. The van der Waals surface area contributed by atoms with Gasteiger partial charge in [-0.1, -0.05) is 18.2 Å². The number of hydrogen-bond donors (Lipinski definition) is 2. The summed E-state index contributed by atoms with van der Waals surface area (Å²) in [4.78, 5) is 36.6. The smallest absolute Gasteiger partial charge is 0.328 e. The van der Waals surface area contributed by atoms with Crippen molar-refractivity contribution in [3.8, 4) is 22.9 Å². The number of aromatic nitrogens is 2. The fourth-order valence-electron chi connectivity index (χ4n) is 3.85. The second-order valence-corrected chi connectivity index (χ2v) is 8.11. The molecule has 0 radical (unpaired) electrons. The summed E-state index contributed by atoms with van der Waals surface area (Å²) in [7, 11) is 1.44. The van der Waals surface area contributed by atoms with Gasteiger partial charge in [0.15, 0.2) is 0 Å². The number of para-hydroxylation sites is 1. The third-order valence-electron chi connectivity index (χ3n) is 5.69. The SMILES string of the molecule is COCCC1(Oc2ccc(Oc3ccc4nn(-c5ccccc5)cc4c3)cc2)C(=O)NC(=O)NC1=O. The molecule has 0 bridgehead atoms. The van der Waals surface area contributed by atoms with Crippen LogP contribution in [0.4, 0.5) is 4.79 Å². The van der Waals surface area contributed by atoms with Crippen LogP contribution >= 0.6 is 0 Å². The predicted octanol–water partition coefficient (Wildman–Crippen LogP) is 3.34. The number of hydrogen-bond acceptors (Lipinski definition) is 7. The van der Waals surface area contributed by atoms with Gasteiger partial charge in [0.25, 0.3) is 17.4 Å². The second-order valence-electron chi connectivity index (χ2n) is 8.11. The zero-order valence-electron chi connectivity index (χ0n) is 19.3. The lowest BCUT2D eigenvalue weighted by molar-refractivity contribution is -0.153. The van der Waals surface area contributed by atoms with Gasteiger partial charge in [0.2, 0.25) is 0 Å². The lowest BCUT2D eigenvalue weighted by atomic mass is 9.95. The summed E-state index contributed by atoms with van der Waals surface area (Å²) >= 11 is 0. The summed E-state index contributed by atoms with van der Waals surface area (Å²) in [6.07, 6.45) is 1.85. The largest absolute Gasteiger partial charge is 0.467 e. The Morgan fingerprint density at radius 3 is 2.22 bits per heavy atom. The Morgan fingerprint density at radius 2 is 1.53 bits per heavy atom. The standard InChI is InChI=1S/C26H22N4O6/c1-34-14-13-26(23(31)27-25(33)28-24(26)32)36-20-9-7-19(8-10-20)35-21-11-12-22-17(15-21)16-30(29-22)18-5-3-2-4-6-18/h2-12,15-16H,13-14H2,1H3,(H2,27,28,31,32,33). The molecule has 0 unspecified atom stereocenters. The molecule has 2 heterocycles. The normalized spacial score (nSPS) is 14.9. The summed E-state index contributed by atoms with van der Waals surface area (Å²) in [5.74, 6) is -0.311. The number of ether oxygens (including phenoxy) is 3. The molecule has 4 aromatic rings. The van der Waals surface area contributed by atoms with Gasteiger partial charge >= 0.3 is 6.03 Å². The zero-order chi connectivity index (χ0) is 25.1. The van der Waals surface area contributed by atoms with E-state index in [0.29, 0.717) is 11.5 Å². The molecule has 0 aliphatic carbocycles. The van der Waals surface area contributed by atoms with Crippen molar-refractivity contribution < 1.29 is 28.6 Å². The van der Waals surface area contributed by atoms with E-state index < -0.39 is 23.4 Å². The van der Waals surface area contributed by atoms with E-state index in [1.165, 1.54) is 7.11 Å². The molecule has 2 N–H and O–H groups in total. The first-order valence-electron chi connectivity index (χ1n) is 11.1. The summed E-state index contributed by atoms with van der Waals surface area (Å²) in [5, 5.41) is 9.67. The number of nitrogens with zero attached hydrogens (tertiary/aromatic N) is 2. The van der Waals surface area contributed by atoms with Gasteiger partial charge in [-0.05, 0) is 54.6 Å². The molecule has 1 fully saturated rings. The highest BCUT2D eigenvalue weighted by molar-refractivity contribution is 6.21. The Labute approximate surface area is 205 Å². The first-order valence-corrected chi connectivity index (χ1v) is 11.1. The average Bonchev–Trinajstić information content (AvgIpc) is 3.31. The number of carbonyl (C=O) groups excluding carboxylic acids is 3. The fraction of sp³-hybridized carbons (Fsp3) is 0.154. The van der Waals surface area contributed by atoms with Crippen LogP contribution in [0.3, 0.4) is 0 Å². The highest BCUT2D eigenvalue weighted by atomic mass is 16.5. The monoisotopic (exact) mass is 486 g/mol. The Bertz CT molecular complexity index is 1410. The molecule has 0 saturated carbocycles. The number of rotatable bonds is 8. The number of carbonyl (C=O) groups is 3. The quantitative estimate of drug-likeness (QED) is 0.367. The van der Waals surface area contributed by atoms with Gasteiger partial charge in [0, 0.05) is 25.1 Å². The first kappa shape index (κ1) is 23.1. The van der Waals surface area contributed by atoms with Crippen molar-refractivity contribution in [2.24, 2.45) is 0 Å². The number of methoxy groups -OCH3 is 1. The summed E-state index contributed by atoms with van der Waals surface area (Å²) < 4.78 is 18.6. The van der Waals surface area contributed by atoms with Crippen molar-refractivity contribution in [3.63, 3.8) is 0 Å². The molecular weight excluding hydrogens is 464 g/mol. The van der Waals surface area contributed by atoms with E-state index >= 15 is 0 Å². The number of barbiturate groups is 1. The van der Waals surface area contributed by atoms with E-state index in [2.05, 4.69) is 15.7 Å². The van der Waals surface area contributed by atoms with Gasteiger partial charge in [0.05, 0.1) is 17.8 Å². The number of nitrogens with one attached hydrogen (secondary N) is 2. The van der Waals surface area contributed by atoms with Crippen molar-refractivity contribution >= 4 is 28.7 Å². The van der Waals surface area contributed by atoms with E-state index in [1.54, 1.807) is 24.3 Å². The van der Waals surface area contributed by atoms with Gasteiger partial charge in [-0.3, -0.25) is 20.2 Å². The molecule has 36 heavy (non-hydrogen) atoms. The number of fused-ring (bicyclic) bond motifs is 1. The Kier molecular flexibility index (Phi) is 6.09.